The van der Waals surface area contributed by atoms with Gasteiger partial charge in [0.1, 0.15) is 6.04 Å². The zero-order valence-electron chi connectivity index (χ0n) is 17.6. The van der Waals surface area contributed by atoms with Crippen LogP contribution in [-0.2, 0) is 11.2 Å². The lowest BCUT2D eigenvalue weighted by Gasteiger charge is -2.20. The van der Waals surface area contributed by atoms with E-state index in [9.17, 15) is 14.4 Å². The van der Waals surface area contributed by atoms with Crippen LogP contribution < -0.4 is 16.2 Å². The summed E-state index contributed by atoms with van der Waals surface area (Å²) in [4.78, 5) is 39.3. The molecule has 1 aromatic heterocycles. The Morgan fingerprint density at radius 1 is 1.00 bits per heavy atom. The number of carbonyl (C=O) groups excluding carboxylic acids is 3. The van der Waals surface area contributed by atoms with Crippen LogP contribution in [0, 0.1) is 19.8 Å². The van der Waals surface area contributed by atoms with E-state index < -0.39 is 11.9 Å². The van der Waals surface area contributed by atoms with Crippen molar-refractivity contribution < 1.29 is 14.4 Å². The van der Waals surface area contributed by atoms with Crippen molar-refractivity contribution in [3.8, 4) is 0 Å². The van der Waals surface area contributed by atoms with Gasteiger partial charge in [-0.3, -0.25) is 25.2 Å². The van der Waals surface area contributed by atoms with Gasteiger partial charge in [0.15, 0.2) is 0 Å². The lowest BCUT2D eigenvalue weighted by molar-refractivity contribution is -0.124. The Bertz CT molecular complexity index is 889. The normalized spacial score (nSPS) is 11.8. The molecule has 0 aliphatic carbocycles. The first-order chi connectivity index (χ1) is 13.7. The average Bonchev–Trinajstić information content (AvgIpc) is 3.06. The SMILES string of the molecule is CCc1sc(C(=O)NNC(=O)[C@H](CC(C)C)NC(=O)c2ccccc2C)cc1C. The van der Waals surface area contributed by atoms with Crippen molar-refractivity contribution in [1.82, 2.24) is 16.2 Å². The fraction of sp³-hybridized carbons (Fsp3) is 0.409. The number of nitrogens with one attached hydrogen (secondary N) is 3. The van der Waals surface area contributed by atoms with Gasteiger partial charge in [0.2, 0.25) is 0 Å². The molecule has 0 aliphatic heterocycles. The molecule has 6 nitrogen and oxygen atoms in total. The van der Waals surface area contributed by atoms with Crippen LogP contribution in [0.1, 0.15) is 63.2 Å². The summed E-state index contributed by atoms with van der Waals surface area (Å²) in [7, 11) is 0. The molecule has 29 heavy (non-hydrogen) atoms. The van der Waals surface area contributed by atoms with E-state index in [2.05, 4.69) is 16.2 Å². The highest BCUT2D eigenvalue weighted by atomic mass is 32.1. The number of amides is 3. The van der Waals surface area contributed by atoms with Crippen LogP contribution in [-0.4, -0.2) is 23.8 Å². The van der Waals surface area contributed by atoms with E-state index in [0.29, 0.717) is 16.9 Å². The molecule has 2 aromatic rings. The van der Waals surface area contributed by atoms with Crippen LogP contribution in [0.4, 0.5) is 0 Å². The third-order valence-corrected chi connectivity index (χ3v) is 5.96. The van der Waals surface area contributed by atoms with Gasteiger partial charge >= 0.3 is 0 Å². The molecule has 0 saturated carbocycles. The lowest BCUT2D eigenvalue weighted by Crippen LogP contribution is -2.52. The Kier molecular flexibility index (Phi) is 7.96. The van der Waals surface area contributed by atoms with Gasteiger partial charge in [-0.1, -0.05) is 39.0 Å². The minimum Gasteiger partial charge on any atom is -0.340 e. The molecule has 2 rings (SSSR count). The van der Waals surface area contributed by atoms with Gasteiger partial charge in [-0.25, -0.2) is 0 Å². The van der Waals surface area contributed by atoms with Crippen LogP contribution >= 0.6 is 11.3 Å². The van der Waals surface area contributed by atoms with Crippen molar-refractivity contribution in [2.24, 2.45) is 5.92 Å². The monoisotopic (exact) mass is 415 g/mol. The summed E-state index contributed by atoms with van der Waals surface area (Å²) in [5.74, 6) is -0.931. The topological polar surface area (TPSA) is 87.3 Å². The van der Waals surface area contributed by atoms with Crippen LogP contribution in [0.3, 0.4) is 0 Å². The van der Waals surface area contributed by atoms with E-state index in [4.69, 9.17) is 0 Å². The standard InChI is InChI=1S/C22H29N3O3S/c1-6-18-15(5)12-19(29-18)22(28)25-24-21(27)17(11-13(2)3)23-20(26)16-10-8-7-9-14(16)4/h7-10,12-13,17H,6,11H2,1-5H3,(H,23,26)(H,24,27)(H,25,28)/t17-/m0/s1. The first kappa shape index (κ1) is 22.6. The fourth-order valence-electron chi connectivity index (χ4n) is 3.02. The lowest BCUT2D eigenvalue weighted by atomic mass is 10.0. The van der Waals surface area contributed by atoms with Crippen LogP contribution in [0.25, 0.3) is 0 Å². The Labute approximate surface area is 176 Å². The second-order valence-electron chi connectivity index (χ2n) is 7.48. The number of carbonyl (C=O) groups is 3. The second-order valence-corrected chi connectivity index (χ2v) is 8.62. The molecule has 0 saturated heterocycles. The van der Waals surface area contributed by atoms with Gasteiger partial charge in [0.05, 0.1) is 4.88 Å². The molecule has 1 aromatic carbocycles. The maximum atomic E-state index is 12.7. The zero-order valence-corrected chi connectivity index (χ0v) is 18.4. The number of hydrazine groups is 1. The van der Waals surface area contributed by atoms with Gasteiger partial charge in [-0.15, -0.1) is 11.3 Å². The molecule has 0 radical (unpaired) electrons. The quantitative estimate of drug-likeness (QED) is 0.605. The van der Waals surface area contributed by atoms with Crippen LogP contribution in [0.2, 0.25) is 0 Å². The summed E-state index contributed by atoms with van der Waals surface area (Å²) in [5.41, 5.74) is 7.35. The molecule has 0 unspecified atom stereocenters. The number of aryl methyl sites for hydroxylation is 3. The fourth-order valence-corrected chi connectivity index (χ4v) is 4.03. The van der Waals surface area contributed by atoms with E-state index in [1.165, 1.54) is 11.3 Å². The van der Waals surface area contributed by atoms with Crippen LogP contribution in [0.5, 0.6) is 0 Å². The molecule has 7 heteroatoms. The number of benzene rings is 1. The number of hydrogen-bond donors (Lipinski definition) is 3. The van der Waals surface area contributed by atoms with Crippen LogP contribution in [0.15, 0.2) is 30.3 Å². The summed E-state index contributed by atoms with van der Waals surface area (Å²) < 4.78 is 0. The Hall–Kier alpha value is -2.67. The molecule has 0 bridgehead atoms. The summed E-state index contributed by atoms with van der Waals surface area (Å²) in [6, 6.07) is 8.28. The third-order valence-electron chi connectivity index (χ3n) is 4.58. The van der Waals surface area contributed by atoms with Gasteiger partial charge < -0.3 is 5.32 Å². The van der Waals surface area contributed by atoms with Crippen molar-refractivity contribution in [2.45, 2.75) is 53.5 Å². The highest BCUT2D eigenvalue weighted by Crippen LogP contribution is 2.22. The first-order valence-corrected chi connectivity index (χ1v) is 10.6. The molecule has 1 heterocycles. The zero-order chi connectivity index (χ0) is 21.6. The Balaban J connectivity index is 2.03. The molecule has 3 N–H and O–H groups in total. The van der Waals surface area contributed by atoms with E-state index in [-0.39, 0.29) is 17.7 Å². The summed E-state index contributed by atoms with van der Waals surface area (Å²) in [6.45, 7) is 9.79. The van der Waals surface area contributed by atoms with Crippen molar-refractivity contribution >= 4 is 29.1 Å². The molecule has 0 aliphatic rings. The summed E-state index contributed by atoms with van der Waals surface area (Å²) in [6.07, 6.45) is 1.31. The van der Waals surface area contributed by atoms with Gasteiger partial charge in [-0.05, 0) is 55.9 Å². The van der Waals surface area contributed by atoms with E-state index in [1.807, 2.05) is 52.8 Å². The molecule has 0 fully saturated rings. The average molecular weight is 416 g/mol. The predicted octanol–water partition coefficient (Wildman–Crippen LogP) is 3.53. The molecule has 1 atom stereocenters. The van der Waals surface area contributed by atoms with Gasteiger partial charge in [0, 0.05) is 10.4 Å². The first-order valence-electron chi connectivity index (χ1n) is 9.78. The molecular formula is C22H29N3O3S. The Morgan fingerprint density at radius 3 is 2.28 bits per heavy atom. The highest BCUT2D eigenvalue weighted by Gasteiger charge is 2.24. The van der Waals surface area contributed by atoms with Crippen molar-refractivity contribution in [3.63, 3.8) is 0 Å². The minimum atomic E-state index is -0.751. The smallest absolute Gasteiger partial charge is 0.279 e. The maximum absolute atomic E-state index is 12.7. The third kappa shape index (κ3) is 6.15. The van der Waals surface area contributed by atoms with Gasteiger partial charge in [-0.2, -0.15) is 0 Å². The van der Waals surface area contributed by atoms with Crippen molar-refractivity contribution in [3.05, 3.63) is 56.8 Å². The van der Waals surface area contributed by atoms with E-state index >= 15 is 0 Å². The Morgan fingerprint density at radius 2 is 1.69 bits per heavy atom. The molecule has 156 valence electrons. The second kappa shape index (κ2) is 10.2. The predicted molar refractivity (Wildman–Crippen MR) is 116 cm³/mol. The largest absolute Gasteiger partial charge is 0.340 e. The molecule has 0 spiro atoms. The maximum Gasteiger partial charge on any atom is 0.279 e. The van der Waals surface area contributed by atoms with E-state index in [1.54, 1.807) is 12.1 Å². The summed E-state index contributed by atoms with van der Waals surface area (Å²) in [5, 5.41) is 2.79. The number of thiophene rings is 1. The molecule has 3 amide bonds. The number of hydrogen-bond acceptors (Lipinski definition) is 4. The highest BCUT2D eigenvalue weighted by molar-refractivity contribution is 7.14. The van der Waals surface area contributed by atoms with Crippen molar-refractivity contribution in [1.29, 1.82) is 0 Å². The van der Waals surface area contributed by atoms with E-state index in [0.717, 1.165) is 22.4 Å². The molecular weight excluding hydrogens is 386 g/mol. The number of rotatable bonds is 7. The minimum absolute atomic E-state index is 0.186. The summed E-state index contributed by atoms with van der Waals surface area (Å²) >= 11 is 1.41. The van der Waals surface area contributed by atoms with Crippen molar-refractivity contribution in [2.75, 3.05) is 0 Å². The van der Waals surface area contributed by atoms with Gasteiger partial charge in [0.25, 0.3) is 17.7 Å².